The van der Waals surface area contributed by atoms with Crippen molar-refractivity contribution in [2.45, 2.75) is 152 Å². The molecule has 6 aliphatic rings. The van der Waals surface area contributed by atoms with Crippen molar-refractivity contribution in [3.05, 3.63) is 131 Å². The molecule has 8 atom stereocenters. The van der Waals surface area contributed by atoms with E-state index in [0.717, 1.165) is 115 Å². The minimum atomic E-state index is -0.388. The predicted octanol–water partition coefficient (Wildman–Crippen LogP) is 9.55. The van der Waals surface area contributed by atoms with E-state index in [1.165, 1.54) is 55.2 Å². The number of rotatable bonds is 12. The van der Waals surface area contributed by atoms with Crippen LogP contribution in [-0.4, -0.2) is 123 Å². The molecule has 4 fully saturated rings. The lowest BCUT2D eigenvalue weighted by Gasteiger charge is -2.49. The summed E-state index contributed by atoms with van der Waals surface area (Å²) in [5, 5.41) is 13.3. The van der Waals surface area contributed by atoms with Crippen molar-refractivity contribution in [3.63, 3.8) is 0 Å². The zero-order valence-electron chi connectivity index (χ0n) is 43.7. The van der Waals surface area contributed by atoms with Crippen molar-refractivity contribution < 1.29 is 4.79 Å². The summed E-state index contributed by atoms with van der Waals surface area (Å²) in [6.45, 7) is 20.4. The first-order chi connectivity index (χ1) is 34.9. The van der Waals surface area contributed by atoms with Gasteiger partial charge in [-0.2, -0.15) is 0 Å². The lowest BCUT2D eigenvalue weighted by atomic mass is 9.74. The number of ketones is 1. The van der Waals surface area contributed by atoms with Crippen LogP contribution in [-0.2, 0) is 17.6 Å². The van der Waals surface area contributed by atoms with Crippen LogP contribution in [0.5, 0.6) is 0 Å². The standard InChI is InChI=1S/C61H76N10O/c1-39-15-21-47-51(39)58(64-37-62-47)70-31-27-68(28-32-70)55(53(49-23-25-60(3,4)66-49)45-19-17-41-11-7-9-13-43(41)35-45)57(72)56(69-29-33-71(34-30-69)59-52-40(2)16-22-48(52)63-38-65-59)54(50-24-26-61(5,6)67-50)46-20-18-42-12-8-10-14-44(42)36-46/h7-14,17-20,35-40,49-50,53-56,66-67H,15-16,21-34H2,1-6H3/t39-,40-,49+,50+,53?,54?,55?,56?/m1/s1. The molecule has 2 aromatic heterocycles. The van der Waals surface area contributed by atoms with Gasteiger partial charge in [-0.25, -0.2) is 19.9 Å². The summed E-state index contributed by atoms with van der Waals surface area (Å²) in [7, 11) is 0. The van der Waals surface area contributed by atoms with Gasteiger partial charge < -0.3 is 20.4 Å². The van der Waals surface area contributed by atoms with E-state index in [1.807, 2.05) is 0 Å². The maximum absolute atomic E-state index is 17.5. The molecule has 72 heavy (non-hydrogen) atoms. The van der Waals surface area contributed by atoms with E-state index in [9.17, 15) is 0 Å². The lowest BCUT2D eigenvalue weighted by molar-refractivity contribution is -0.132. The second kappa shape index (κ2) is 19.2. The topological polar surface area (TPSA) is 106 Å². The van der Waals surface area contributed by atoms with Gasteiger partial charge in [0.15, 0.2) is 5.78 Å². The summed E-state index contributed by atoms with van der Waals surface area (Å²) in [6.07, 6.45) is 12.0. The number of nitrogens with zero attached hydrogens (tertiary/aromatic N) is 8. The number of nitrogens with one attached hydrogen (secondary N) is 2. The van der Waals surface area contributed by atoms with Crippen molar-refractivity contribution in [2.75, 3.05) is 62.2 Å². The first-order valence-electron chi connectivity index (χ1n) is 27.6. The fourth-order valence-corrected chi connectivity index (χ4v) is 14.5. The Bertz CT molecular complexity index is 2760. The van der Waals surface area contributed by atoms with Crippen LogP contribution in [0.4, 0.5) is 11.6 Å². The fourth-order valence-electron chi connectivity index (χ4n) is 14.5. The van der Waals surface area contributed by atoms with Crippen LogP contribution in [0.1, 0.15) is 137 Å². The van der Waals surface area contributed by atoms with Crippen LogP contribution in [0.25, 0.3) is 21.5 Å². The van der Waals surface area contributed by atoms with Crippen molar-refractivity contribution in [3.8, 4) is 0 Å². The summed E-state index contributed by atoms with van der Waals surface area (Å²) in [5.41, 5.74) is 7.49. The molecule has 6 aromatic rings. The number of carbonyl (C=O) groups is 1. The van der Waals surface area contributed by atoms with Gasteiger partial charge in [-0.15, -0.1) is 0 Å². The highest BCUT2D eigenvalue weighted by Gasteiger charge is 2.51. The first-order valence-corrected chi connectivity index (χ1v) is 27.6. The zero-order valence-corrected chi connectivity index (χ0v) is 43.7. The Kier molecular flexibility index (Phi) is 12.7. The third-order valence-electron chi connectivity index (χ3n) is 18.3. The molecule has 0 bridgehead atoms. The third kappa shape index (κ3) is 9.00. The van der Waals surface area contributed by atoms with Gasteiger partial charge in [-0.3, -0.25) is 14.6 Å². The Hall–Kier alpha value is -5.33. The average molecular weight is 965 g/mol. The van der Waals surface area contributed by atoms with E-state index < -0.39 is 0 Å². The molecular formula is C61H76N10O. The summed E-state index contributed by atoms with van der Waals surface area (Å²) in [4.78, 5) is 47.3. The van der Waals surface area contributed by atoms with Crippen molar-refractivity contribution in [2.24, 2.45) is 0 Å². The fraction of sp³-hybridized carbons (Fsp3) is 0.525. The van der Waals surface area contributed by atoms with Crippen LogP contribution >= 0.6 is 0 Å². The van der Waals surface area contributed by atoms with Crippen molar-refractivity contribution in [1.29, 1.82) is 0 Å². The summed E-state index contributed by atoms with van der Waals surface area (Å²) in [6, 6.07) is 31.1. The number of aromatic nitrogens is 4. The highest BCUT2D eigenvalue weighted by molar-refractivity contribution is 5.92. The molecular weight excluding hydrogens is 889 g/mol. The number of fused-ring (bicyclic) bond motifs is 4. The SMILES string of the molecule is C[C@@H]1CCc2ncnc(N3CCN(C(C(=O)C(C(c4ccc5ccccc5c4)[C@@H]4CCC(C)(C)N4)N4CCN(c5ncnc6c5[C@H](C)CC6)CC4)C(c4ccc5ccccc5c4)[C@@H]4CCC(C)(C)N4)CC3)c21. The second-order valence-corrected chi connectivity index (χ2v) is 23.9. The van der Waals surface area contributed by atoms with Gasteiger partial charge in [0, 0.05) is 110 Å². The van der Waals surface area contributed by atoms with Crippen molar-refractivity contribution >= 4 is 39.0 Å². The molecule has 2 N–H and O–H groups in total. The Morgan fingerprint density at radius 3 is 1.32 bits per heavy atom. The van der Waals surface area contributed by atoms with Gasteiger partial charge in [0.25, 0.3) is 0 Å². The Labute approximate surface area is 427 Å². The molecule has 6 heterocycles. The summed E-state index contributed by atoms with van der Waals surface area (Å²) >= 11 is 0. The highest BCUT2D eigenvalue weighted by Crippen LogP contribution is 2.45. The smallest absolute Gasteiger partial charge is 0.168 e. The van der Waals surface area contributed by atoms with Gasteiger partial charge in [-0.1, -0.05) is 98.8 Å². The molecule has 0 spiro atoms. The number of anilines is 2. The largest absolute Gasteiger partial charge is 0.354 e. The van der Waals surface area contributed by atoms with E-state index in [1.54, 1.807) is 12.7 Å². The first kappa shape index (κ1) is 47.7. The molecule has 4 aromatic carbocycles. The summed E-state index contributed by atoms with van der Waals surface area (Å²) in [5.74, 6) is 3.28. The molecule has 2 aliphatic carbocycles. The molecule has 376 valence electrons. The van der Waals surface area contributed by atoms with E-state index in [-0.39, 0.29) is 47.1 Å². The number of Topliss-reactive ketones (excluding diaryl/α,β-unsaturated/α-hetero) is 1. The lowest BCUT2D eigenvalue weighted by Crippen LogP contribution is -2.64. The zero-order chi connectivity index (χ0) is 49.3. The number of benzene rings is 4. The molecule has 4 saturated heterocycles. The molecule has 4 unspecified atom stereocenters. The number of carbonyl (C=O) groups excluding carboxylic acids is 1. The highest BCUT2D eigenvalue weighted by atomic mass is 16.1. The van der Waals surface area contributed by atoms with Gasteiger partial charge in [0.1, 0.15) is 24.3 Å². The molecule has 12 rings (SSSR count). The molecule has 0 amide bonds. The van der Waals surface area contributed by atoms with Crippen LogP contribution in [0, 0.1) is 0 Å². The van der Waals surface area contributed by atoms with Crippen LogP contribution in [0.15, 0.2) is 97.6 Å². The molecule has 0 saturated carbocycles. The van der Waals surface area contributed by atoms with Gasteiger partial charge in [-0.05, 0) is 124 Å². The molecule has 11 nitrogen and oxygen atoms in total. The van der Waals surface area contributed by atoms with Crippen LogP contribution < -0.4 is 20.4 Å². The van der Waals surface area contributed by atoms with E-state index >= 15 is 4.79 Å². The number of aryl methyl sites for hydroxylation is 2. The summed E-state index contributed by atoms with van der Waals surface area (Å²) < 4.78 is 0. The monoisotopic (exact) mass is 965 g/mol. The number of piperazine rings is 2. The number of hydrogen-bond donors (Lipinski definition) is 2. The normalized spacial score (nSPS) is 25.9. The van der Waals surface area contributed by atoms with Crippen LogP contribution in [0.2, 0.25) is 0 Å². The molecule has 4 aliphatic heterocycles. The number of hydrogen-bond acceptors (Lipinski definition) is 11. The average Bonchev–Trinajstić information content (AvgIpc) is 4.18. The maximum atomic E-state index is 17.5. The van der Waals surface area contributed by atoms with Crippen molar-refractivity contribution in [1.82, 2.24) is 40.4 Å². The van der Waals surface area contributed by atoms with Crippen LogP contribution in [0.3, 0.4) is 0 Å². The van der Waals surface area contributed by atoms with E-state index in [4.69, 9.17) is 19.9 Å². The molecule has 11 heteroatoms. The maximum Gasteiger partial charge on any atom is 0.168 e. The quantitative estimate of drug-likeness (QED) is 0.123. The third-order valence-corrected chi connectivity index (χ3v) is 18.3. The van der Waals surface area contributed by atoms with Gasteiger partial charge in [0.05, 0.1) is 12.1 Å². The second-order valence-electron chi connectivity index (χ2n) is 23.9. The van der Waals surface area contributed by atoms with Gasteiger partial charge in [0.2, 0.25) is 0 Å². The Morgan fingerprint density at radius 1 is 0.528 bits per heavy atom. The minimum Gasteiger partial charge on any atom is -0.354 e. The Balaban J connectivity index is 0.996. The van der Waals surface area contributed by atoms with E-state index in [0.29, 0.717) is 17.6 Å². The van der Waals surface area contributed by atoms with Gasteiger partial charge >= 0.3 is 0 Å². The predicted molar refractivity (Wildman–Crippen MR) is 292 cm³/mol. The van der Waals surface area contributed by atoms with E-state index in [2.05, 4.69) is 157 Å². The minimum absolute atomic E-state index is 0.0441. The Morgan fingerprint density at radius 2 is 0.931 bits per heavy atom. The molecule has 0 radical (unpaired) electrons.